The van der Waals surface area contributed by atoms with Gasteiger partial charge in [0.25, 0.3) is 0 Å². The molecule has 1 N–H and O–H groups in total. The number of unbranched alkanes of at least 4 members (excludes halogenated alkanes) is 27. The molecule has 12 nitrogen and oxygen atoms in total. The predicted octanol–water partition coefficient (Wildman–Crippen LogP) is 21.4. The van der Waals surface area contributed by atoms with Gasteiger partial charge in [-0.3, -0.25) is 29.0 Å². The highest BCUT2D eigenvalue weighted by atomic mass is 16.5. The van der Waals surface area contributed by atoms with Gasteiger partial charge < -0.3 is 28.8 Å². The van der Waals surface area contributed by atoms with Gasteiger partial charge in [-0.15, -0.1) is 0 Å². The van der Waals surface area contributed by atoms with E-state index in [9.17, 15) is 24.3 Å². The Bertz CT molecular complexity index is 1690. The van der Waals surface area contributed by atoms with Crippen LogP contribution in [0.4, 0.5) is 0 Å². The molecule has 0 radical (unpaired) electrons. The molecule has 0 aliphatic heterocycles. The Kier molecular flexibility index (Phi) is 62.6. The second-order valence-corrected chi connectivity index (χ2v) is 27.6. The number of rotatable bonds is 71. The molecule has 12 heteroatoms. The molecule has 1 aromatic carbocycles. The van der Waals surface area contributed by atoms with Crippen LogP contribution in [0.15, 0.2) is 24.3 Å². The zero-order valence-corrected chi connectivity index (χ0v) is 61.2. The smallest absolute Gasteiger partial charge is 0.320 e. The quantitative estimate of drug-likeness (QED) is 0.0377. The first-order valence-corrected chi connectivity index (χ1v) is 39.5. The number of carbonyl (C=O) groups is 4. The number of ether oxygens (including phenoxy) is 5. The first-order valence-electron chi connectivity index (χ1n) is 39.5. The van der Waals surface area contributed by atoms with E-state index in [0.29, 0.717) is 63.4 Å². The molecule has 0 bridgehead atoms. The Morgan fingerprint density at radius 2 is 0.641 bits per heavy atom. The lowest BCUT2D eigenvalue weighted by Crippen LogP contribution is -2.32. The standard InChI is InChI=1S/C80H148N2O10/c1-7-13-31-44-72(45-32-14-8-2)57-66-89-77(84)50-37-25-19-22-28-40-60-81(63-43-65-83)64-69-88-76-55-53-75(54-56-76)71-92-80(87)70-82(61-41-29-23-20-26-38-51-78(85)90-67-58-73(46-33-15-9-3)47-34-16-10-4)62-42-30-24-21-27-39-52-79(86)91-68-59-74(48-35-17-11-5)49-36-18-12-6/h53-56,72-74,83H,7-52,57-71H2,1-6H3. The minimum atomic E-state index is -0.207. The molecule has 0 saturated heterocycles. The number of esters is 4. The normalized spacial score (nSPS) is 11.7. The van der Waals surface area contributed by atoms with Crippen LogP contribution in [0.1, 0.15) is 362 Å². The second kappa shape index (κ2) is 66.4. The van der Waals surface area contributed by atoms with Gasteiger partial charge in [0.05, 0.1) is 26.4 Å². The van der Waals surface area contributed by atoms with E-state index in [1.165, 1.54) is 154 Å². The Morgan fingerprint density at radius 1 is 0.326 bits per heavy atom. The predicted molar refractivity (Wildman–Crippen MR) is 385 cm³/mol. The van der Waals surface area contributed by atoms with Crippen molar-refractivity contribution in [2.45, 2.75) is 363 Å². The van der Waals surface area contributed by atoms with E-state index in [0.717, 1.165) is 185 Å². The molecule has 1 rings (SSSR count). The highest BCUT2D eigenvalue weighted by molar-refractivity contribution is 5.71. The van der Waals surface area contributed by atoms with Gasteiger partial charge in [-0.05, 0) is 119 Å². The van der Waals surface area contributed by atoms with Crippen LogP contribution in [0.3, 0.4) is 0 Å². The van der Waals surface area contributed by atoms with Gasteiger partial charge in [0, 0.05) is 39.0 Å². The molecular formula is C80H148N2O10. The number of aliphatic hydroxyl groups is 1. The summed E-state index contributed by atoms with van der Waals surface area (Å²) in [5.41, 5.74) is 0.923. The summed E-state index contributed by atoms with van der Waals surface area (Å²) in [5, 5.41) is 9.59. The molecule has 0 unspecified atom stereocenters. The number of benzene rings is 1. The third-order valence-corrected chi connectivity index (χ3v) is 19.0. The highest BCUT2D eigenvalue weighted by Crippen LogP contribution is 2.25. The maximum atomic E-state index is 13.4. The van der Waals surface area contributed by atoms with Crippen molar-refractivity contribution in [1.29, 1.82) is 0 Å². The second-order valence-electron chi connectivity index (χ2n) is 27.6. The number of hydrogen-bond acceptors (Lipinski definition) is 12. The van der Waals surface area contributed by atoms with Crippen molar-refractivity contribution in [3.63, 3.8) is 0 Å². The fraction of sp³-hybridized carbons (Fsp3) is 0.875. The summed E-state index contributed by atoms with van der Waals surface area (Å²) in [6.07, 6.45) is 54.7. The molecule has 0 heterocycles. The number of hydrogen-bond donors (Lipinski definition) is 1. The van der Waals surface area contributed by atoms with Crippen LogP contribution >= 0.6 is 0 Å². The lowest BCUT2D eigenvalue weighted by molar-refractivity contribution is -0.146. The van der Waals surface area contributed by atoms with Crippen molar-refractivity contribution in [3.05, 3.63) is 29.8 Å². The fourth-order valence-corrected chi connectivity index (χ4v) is 12.8. The summed E-state index contributed by atoms with van der Waals surface area (Å²) >= 11 is 0. The Balaban J connectivity index is 2.56. The Morgan fingerprint density at radius 3 is 0.978 bits per heavy atom. The lowest BCUT2D eigenvalue weighted by Gasteiger charge is -2.22. The SMILES string of the molecule is CCCCCC(CCCCC)CCOC(=O)CCCCCCCCN(CCCO)CCOc1ccc(COC(=O)CN(CCCCCCCCC(=O)OCCC(CCCCC)CCCCC)CCCCCCCCC(=O)OCCC(CCCCC)CCCCC)cc1. The van der Waals surface area contributed by atoms with Crippen LogP contribution in [-0.2, 0) is 44.7 Å². The zero-order chi connectivity index (χ0) is 66.8. The van der Waals surface area contributed by atoms with E-state index < -0.39 is 0 Å². The molecule has 0 spiro atoms. The van der Waals surface area contributed by atoms with Crippen molar-refractivity contribution >= 4 is 23.9 Å². The number of carbonyl (C=O) groups excluding carboxylic acids is 4. The minimum Gasteiger partial charge on any atom is -0.492 e. The van der Waals surface area contributed by atoms with Gasteiger partial charge in [-0.2, -0.15) is 0 Å². The van der Waals surface area contributed by atoms with Gasteiger partial charge in [0.1, 0.15) is 19.0 Å². The molecule has 0 atom stereocenters. The lowest BCUT2D eigenvalue weighted by atomic mass is 9.92. The molecule has 0 amide bonds. The zero-order valence-electron chi connectivity index (χ0n) is 61.2. The van der Waals surface area contributed by atoms with Crippen LogP contribution in [0.25, 0.3) is 0 Å². The van der Waals surface area contributed by atoms with Crippen molar-refractivity contribution < 1.29 is 48.0 Å². The average molecular weight is 1300 g/mol. The average Bonchev–Trinajstić information content (AvgIpc) is 3.65. The van der Waals surface area contributed by atoms with E-state index in [4.69, 9.17) is 23.7 Å². The molecule has 1 aromatic rings. The van der Waals surface area contributed by atoms with Crippen LogP contribution in [0.2, 0.25) is 0 Å². The Labute approximate surface area is 567 Å². The first kappa shape index (κ1) is 86.8. The largest absolute Gasteiger partial charge is 0.492 e. The van der Waals surface area contributed by atoms with Gasteiger partial charge in [-0.1, -0.05) is 285 Å². The molecule has 0 fully saturated rings. The van der Waals surface area contributed by atoms with Gasteiger partial charge >= 0.3 is 23.9 Å². The summed E-state index contributed by atoms with van der Waals surface area (Å²) in [7, 11) is 0. The van der Waals surface area contributed by atoms with Gasteiger partial charge in [-0.25, -0.2) is 0 Å². The van der Waals surface area contributed by atoms with Crippen molar-refractivity contribution in [1.82, 2.24) is 9.80 Å². The van der Waals surface area contributed by atoms with E-state index in [1.807, 2.05) is 24.3 Å². The summed E-state index contributed by atoms with van der Waals surface area (Å²) in [6.45, 7) is 20.7. The molecule has 0 aromatic heterocycles. The van der Waals surface area contributed by atoms with E-state index in [2.05, 4.69) is 51.3 Å². The van der Waals surface area contributed by atoms with E-state index in [1.54, 1.807) is 0 Å². The van der Waals surface area contributed by atoms with E-state index in [-0.39, 0.29) is 43.6 Å². The van der Waals surface area contributed by atoms with Crippen LogP contribution in [0.5, 0.6) is 5.75 Å². The monoisotopic (exact) mass is 1300 g/mol. The van der Waals surface area contributed by atoms with Crippen molar-refractivity contribution in [2.24, 2.45) is 17.8 Å². The van der Waals surface area contributed by atoms with Gasteiger partial charge in [0.2, 0.25) is 0 Å². The summed E-state index contributed by atoms with van der Waals surface area (Å²) in [6, 6.07) is 7.85. The topological polar surface area (TPSA) is 141 Å². The number of aliphatic hydroxyl groups excluding tert-OH is 1. The third-order valence-electron chi connectivity index (χ3n) is 19.0. The van der Waals surface area contributed by atoms with Crippen molar-refractivity contribution in [3.8, 4) is 5.75 Å². The minimum absolute atomic E-state index is 0.0347. The maximum absolute atomic E-state index is 13.4. The molecule has 0 aliphatic carbocycles. The van der Waals surface area contributed by atoms with E-state index >= 15 is 0 Å². The molecule has 538 valence electrons. The fourth-order valence-electron chi connectivity index (χ4n) is 12.8. The van der Waals surface area contributed by atoms with Crippen LogP contribution in [-0.4, -0.2) is 111 Å². The molecule has 0 saturated carbocycles. The highest BCUT2D eigenvalue weighted by Gasteiger charge is 2.16. The first-order chi connectivity index (χ1) is 45.1. The maximum Gasteiger partial charge on any atom is 0.320 e. The van der Waals surface area contributed by atoms with Crippen molar-refractivity contribution in [2.75, 3.05) is 72.3 Å². The molecular weight excluding hydrogens is 1150 g/mol. The summed E-state index contributed by atoms with van der Waals surface area (Å²) in [5.74, 6) is 2.48. The molecule has 92 heavy (non-hydrogen) atoms. The van der Waals surface area contributed by atoms with Crippen LogP contribution < -0.4 is 4.74 Å². The van der Waals surface area contributed by atoms with Gasteiger partial charge in [0.15, 0.2) is 0 Å². The van der Waals surface area contributed by atoms with Crippen LogP contribution in [0, 0.1) is 17.8 Å². The third kappa shape index (κ3) is 56.0. The summed E-state index contributed by atoms with van der Waals surface area (Å²) in [4.78, 5) is 55.7. The summed E-state index contributed by atoms with van der Waals surface area (Å²) < 4.78 is 29.1. The number of nitrogens with zero attached hydrogens (tertiary/aromatic N) is 2. The molecule has 0 aliphatic rings. The Hall–Kier alpha value is -3.22.